The van der Waals surface area contributed by atoms with E-state index in [1.54, 1.807) is 0 Å². The van der Waals surface area contributed by atoms with Crippen LogP contribution in [0.1, 0.15) is 18.4 Å². The van der Waals surface area contributed by atoms with E-state index in [0.29, 0.717) is 6.42 Å². The van der Waals surface area contributed by atoms with E-state index in [0.717, 1.165) is 12.1 Å². The highest BCUT2D eigenvalue weighted by Crippen LogP contribution is 2.31. The minimum Gasteiger partial charge on any atom is -0.494 e. The van der Waals surface area contributed by atoms with Crippen molar-refractivity contribution < 1.29 is 22.7 Å². The Labute approximate surface area is 102 Å². The zero-order chi connectivity index (χ0) is 13.6. The smallest absolute Gasteiger partial charge is 0.416 e. The van der Waals surface area contributed by atoms with Crippen LogP contribution in [0.15, 0.2) is 24.3 Å². The minimum absolute atomic E-state index is 0.123. The second kappa shape index (κ2) is 6.25. The number of carbonyl (C=O) groups excluding carboxylic acids is 1. The number of alkyl halides is 3. The van der Waals surface area contributed by atoms with E-state index in [9.17, 15) is 18.0 Å². The summed E-state index contributed by atoms with van der Waals surface area (Å²) in [6.07, 6.45) is -3.85. The lowest BCUT2D eigenvalue weighted by Crippen LogP contribution is -2.29. The van der Waals surface area contributed by atoms with Crippen LogP contribution in [0, 0.1) is 0 Å². The second-order valence-corrected chi connectivity index (χ2v) is 3.55. The molecule has 0 aliphatic heterocycles. The third kappa shape index (κ3) is 4.62. The van der Waals surface area contributed by atoms with Gasteiger partial charge in [-0.2, -0.15) is 13.2 Å². The number of halogens is 3. The molecule has 1 aromatic rings. The lowest BCUT2D eigenvalue weighted by molar-refractivity contribution is -0.137. The molecule has 0 saturated heterocycles. The predicted octanol–water partition coefficient (Wildman–Crippen LogP) is 1.85. The highest BCUT2D eigenvalue weighted by molar-refractivity contribution is 5.75. The van der Waals surface area contributed by atoms with E-state index in [1.807, 2.05) is 5.43 Å². The number of carbonyl (C=O) groups is 1. The number of hydrogen-bond donors (Lipinski definition) is 2. The number of benzene rings is 1. The first kappa shape index (κ1) is 14.3. The van der Waals surface area contributed by atoms with Gasteiger partial charge in [-0.1, -0.05) is 6.07 Å². The Hall–Kier alpha value is -1.76. The first-order valence-corrected chi connectivity index (χ1v) is 5.23. The molecule has 0 heterocycles. The van der Waals surface area contributed by atoms with Crippen LogP contribution in [0.25, 0.3) is 0 Å². The molecular weight excluding hydrogens is 249 g/mol. The molecule has 100 valence electrons. The van der Waals surface area contributed by atoms with Gasteiger partial charge < -0.3 is 4.74 Å². The Kier molecular flexibility index (Phi) is 4.96. The van der Waals surface area contributed by atoms with E-state index in [-0.39, 0.29) is 24.7 Å². The number of amides is 1. The number of hydrazine groups is 1. The maximum atomic E-state index is 12.4. The van der Waals surface area contributed by atoms with Crippen molar-refractivity contribution in [3.05, 3.63) is 29.8 Å². The number of ether oxygens (including phenoxy) is 1. The Balaban J connectivity index is 2.46. The predicted molar refractivity (Wildman–Crippen MR) is 58.5 cm³/mol. The third-order valence-electron chi connectivity index (χ3n) is 2.14. The summed E-state index contributed by atoms with van der Waals surface area (Å²) >= 11 is 0. The molecule has 7 heteroatoms. The normalized spacial score (nSPS) is 11.1. The largest absolute Gasteiger partial charge is 0.494 e. The van der Waals surface area contributed by atoms with Gasteiger partial charge in [-0.15, -0.1) is 0 Å². The summed E-state index contributed by atoms with van der Waals surface area (Å²) in [5.41, 5.74) is 1.19. The fourth-order valence-corrected chi connectivity index (χ4v) is 1.26. The van der Waals surface area contributed by atoms with Crippen molar-refractivity contribution in [2.75, 3.05) is 6.61 Å². The zero-order valence-electron chi connectivity index (χ0n) is 9.46. The van der Waals surface area contributed by atoms with Crippen LogP contribution >= 0.6 is 0 Å². The van der Waals surface area contributed by atoms with Crippen LogP contribution in [-0.2, 0) is 11.0 Å². The maximum Gasteiger partial charge on any atom is 0.416 e. The molecule has 0 aliphatic carbocycles. The van der Waals surface area contributed by atoms with Crippen LogP contribution in [0.4, 0.5) is 13.2 Å². The summed E-state index contributed by atoms with van der Waals surface area (Å²) in [5.74, 6) is 4.65. The third-order valence-corrected chi connectivity index (χ3v) is 2.14. The summed E-state index contributed by atoms with van der Waals surface area (Å²) in [6, 6.07) is 4.58. The lowest BCUT2D eigenvalue weighted by Gasteiger charge is -2.09. The van der Waals surface area contributed by atoms with Crippen molar-refractivity contribution in [1.29, 1.82) is 0 Å². The maximum absolute atomic E-state index is 12.4. The zero-order valence-corrected chi connectivity index (χ0v) is 9.46. The van der Waals surface area contributed by atoms with Gasteiger partial charge in [-0.05, 0) is 24.6 Å². The summed E-state index contributed by atoms with van der Waals surface area (Å²) in [4.78, 5) is 10.8. The first-order valence-electron chi connectivity index (χ1n) is 5.23. The monoisotopic (exact) mass is 262 g/mol. The van der Waals surface area contributed by atoms with Gasteiger partial charge in [-0.3, -0.25) is 10.2 Å². The molecule has 0 fully saturated rings. The molecule has 0 unspecified atom stereocenters. The quantitative estimate of drug-likeness (QED) is 0.368. The van der Waals surface area contributed by atoms with Crippen molar-refractivity contribution in [3.63, 3.8) is 0 Å². The standard InChI is InChI=1S/C11H13F3N2O2/c12-11(13,14)8-3-1-4-9(7-8)18-6-2-5-10(17)16-15/h1,3-4,7H,2,5-6,15H2,(H,16,17). The van der Waals surface area contributed by atoms with Gasteiger partial charge in [0.05, 0.1) is 12.2 Å². The molecular formula is C11H13F3N2O2. The van der Waals surface area contributed by atoms with Gasteiger partial charge in [0.25, 0.3) is 0 Å². The Morgan fingerprint density at radius 2 is 2.11 bits per heavy atom. The Morgan fingerprint density at radius 3 is 2.72 bits per heavy atom. The summed E-state index contributed by atoms with van der Waals surface area (Å²) < 4.78 is 42.3. The van der Waals surface area contributed by atoms with E-state index >= 15 is 0 Å². The molecule has 0 radical (unpaired) electrons. The van der Waals surface area contributed by atoms with Crippen molar-refractivity contribution in [1.82, 2.24) is 5.43 Å². The molecule has 4 nitrogen and oxygen atoms in total. The molecule has 1 rings (SSSR count). The van der Waals surface area contributed by atoms with Gasteiger partial charge in [0, 0.05) is 6.42 Å². The Morgan fingerprint density at radius 1 is 1.39 bits per heavy atom. The summed E-state index contributed by atoms with van der Waals surface area (Å²) in [7, 11) is 0. The molecule has 0 aromatic heterocycles. The van der Waals surface area contributed by atoms with E-state index < -0.39 is 11.7 Å². The molecule has 18 heavy (non-hydrogen) atoms. The van der Waals surface area contributed by atoms with Gasteiger partial charge in [-0.25, -0.2) is 5.84 Å². The molecule has 0 bridgehead atoms. The SMILES string of the molecule is NNC(=O)CCCOc1cccc(C(F)(F)F)c1. The van der Waals surface area contributed by atoms with Crippen LogP contribution in [-0.4, -0.2) is 12.5 Å². The van der Waals surface area contributed by atoms with Gasteiger partial charge >= 0.3 is 6.18 Å². The van der Waals surface area contributed by atoms with E-state index in [1.165, 1.54) is 12.1 Å². The van der Waals surface area contributed by atoms with Crippen LogP contribution in [0.3, 0.4) is 0 Å². The molecule has 0 spiro atoms. The van der Waals surface area contributed by atoms with Crippen molar-refractivity contribution >= 4 is 5.91 Å². The molecule has 0 aliphatic rings. The molecule has 1 aromatic carbocycles. The molecule has 3 N–H and O–H groups in total. The average molecular weight is 262 g/mol. The highest BCUT2D eigenvalue weighted by Gasteiger charge is 2.30. The number of hydrogen-bond acceptors (Lipinski definition) is 3. The van der Waals surface area contributed by atoms with Crippen molar-refractivity contribution in [3.8, 4) is 5.75 Å². The fraction of sp³-hybridized carbons (Fsp3) is 0.364. The number of rotatable bonds is 5. The van der Waals surface area contributed by atoms with Crippen LogP contribution in [0.5, 0.6) is 5.75 Å². The average Bonchev–Trinajstić information content (AvgIpc) is 2.33. The Bertz CT molecular complexity index is 408. The first-order chi connectivity index (χ1) is 8.43. The summed E-state index contributed by atoms with van der Waals surface area (Å²) in [5, 5.41) is 0. The molecule has 0 atom stereocenters. The lowest BCUT2D eigenvalue weighted by atomic mass is 10.2. The van der Waals surface area contributed by atoms with Gasteiger partial charge in [0.2, 0.25) is 5.91 Å². The topological polar surface area (TPSA) is 64.3 Å². The van der Waals surface area contributed by atoms with E-state index in [4.69, 9.17) is 10.6 Å². The number of nitrogens with one attached hydrogen (secondary N) is 1. The van der Waals surface area contributed by atoms with Crippen molar-refractivity contribution in [2.24, 2.45) is 5.84 Å². The molecule has 1 amide bonds. The van der Waals surface area contributed by atoms with Crippen LogP contribution in [0.2, 0.25) is 0 Å². The summed E-state index contributed by atoms with van der Waals surface area (Å²) in [6.45, 7) is 0.148. The second-order valence-electron chi connectivity index (χ2n) is 3.55. The van der Waals surface area contributed by atoms with Crippen LogP contribution < -0.4 is 16.0 Å². The van der Waals surface area contributed by atoms with Gasteiger partial charge in [0.15, 0.2) is 0 Å². The number of nitrogens with two attached hydrogens (primary N) is 1. The van der Waals surface area contributed by atoms with Crippen molar-refractivity contribution in [2.45, 2.75) is 19.0 Å². The highest BCUT2D eigenvalue weighted by atomic mass is 19.4. The van der Waals surface area contributed by atoms with Gasteiger partial charge in [0.1, 0.15) is 5.75 Å². The molecule has 0 saturated carbocycles. The fourth-order valence-electron chi connectivity index (χ4n) is 1.26. The minimum atomic E-state index is -4.39. The van der Waals surface area contributed by atoms with E-state index in [2.05, 4.69) is 0 Å².